The largest absolute Gasteiger partial charge is 0.326 e. The maximum absolute atomic E-state index is 11.9. The number of aromatic amines is 1. The molecule has 1 fully saturated rings. The van der Waals surface area contributed by atoms with E-state index in [0.717, 1.165) is 24.1 Å². The highest BCUT2D eigenvalue weighted by atomic mass is 35.5. The van der Waals surface area contributed by atoms with Crippen LogP contribution in [-0.4, -0.2) is 21.5 Å². The molecule has 1 aromatic carbocycles. The van der Waals surface area contributed by atoms with Crippen molar-refractivity contribution in [3.63, 3.8) is 0 Å². The number of carbonyl (C=O) groups excluding carboxylic acids is 1. The van der Waals surface area contributed by atoms with Crippen LogP contribution >= 0.6 is 11.6 Å². The molecule has 1 aliphatic carbocycles. The van der Waals surface area contributed by atoms with E-state index in [0.29, 0.717) is 5.69 Å². The predicted octanol–water partition coefficient (Wildman–Crippen LogP) is 2.39. The number of alkyl halides is 1. The Morgan fingerprint density at radius 1 is 1.19 bits per heavy atom. The summed E-state index contributed by atoms with van der Waals surface area (Å²) in [5.74, 6) is 0.0369. The number of hydrogen-bond acceptors (Lipinski definition) is 3. The summed E-state index contributed by atoms with van der Waals surface area (Å²) in [6.45, 7) is 0. The normalized spacial score (nSPS) is 20.6. The number of nitrogens with one attached hydrogen (secondary N) is 2. The Hall–Kier alpha value is -2.14. The summed E-state index contributed by atoms with van der Waals surface area (Å²) in [5.41, 5.74) is 2.05. The van der Waals surface area contributed by atoms with Crippen molar-refractivity contribution in [1.82, 2.24) is 10.2 Å². The number of H-pyrrole nitrogens is 1. The summed E-state index contributed by atoms with van der Waals surface area (Å²) >= 11 is 5.88. The number of carbonyl (C=O) groups is 1. The molecule has 0 radical (unpaired) electrons. The van der Waals surface area contributed by atoms with Gasteiger partial charge in [0.2, 0.25) is 5.91 Å². The molecule has 1 heterocycles. The van der Waals surface area contributed by atoms with Gasteiger partial charge in [0, 0.05) is 28.6 Å². The van der Waals surface area contributed by atoms with Crippen LogP contribution in [0, 0.1) is 5.92 Å². The first-order valence-electron chi connectivity index (χ1n) is 6.73. The molecule has 1 saturated carbocycles. The Balaban J connectivity index is 1.68. The van der Waals surface area contributed by atoms with Gasteiger partial charge < -0.3 is 5.32 Å². The third-order valence-corrected chi connectivity index (χ3v) is 3.94. The summed E-state index contributed by atoms with van der Waals surface area (Å²) in [6.07, 6.45) is 1.49. The average Bonchev–Trinajstić information content (AvgIpc) is 2.46. The minimum absolute atomic E-state index is 0.0156. The van der Waals surface area contributed by atoms with Gasteiger partial charge in [0.25, 0.3) is 5.56 Å². The highest BCUT2D eigenvalue weighted by Gasteiger charge is 2.32. The molecule has 3 rings (SSSR count). The van der Waals surface area contributed by atoms with E-state index < -0.39 is 0 Å². The minimum atomic E-state index is -0.235. The molecule has 6 heteroatoms. The van der Waals surface area contributed by atoms with Crippen LogP contribution in [0.2, 0.25) is 0 Å². The zero-order valence-electron chi connectivity index (χ0n) is 11.2. The van der Waals surface area contributed by atoms with E-state index in [1.165, 1.54) is 6.07 Å². The number of rotatable bonds is 3. The molecule has 1 aliphatic rings. The Morgan fingerprint density at radius 3 is 2.48 bits per heavy atom. The molecule has 0 atom stereocenters. The van der Waals surface area contributed by atoms with Gasteiger partial charge in [0.1, 0.15) is 0 Å². The van der Waals surface area contributed by atoms with E-state index in [4.69, 9.17) is 11.6 Å². The summed E-state index contributed by atoms with van der Waals surface area (Å²) in [6, 6.07) is 10.4. The lowest BCUT2D eigenvalue weighted by molar-refractivity contribution is -0.122. The minimum Gasteiger partial charge on any atom is -0.326 e. The maximum atomic E-state index is 11.9. The third-order valence-electron chi connectivity index (χ3n) is 3.58. The molecule has 108 valence electrons. The highest BCUT2D eigenvalue weighted by Crippen LogP contribution is 2.32. The number of amides is 1. The molecule has 2 aromatic rings. The van der Waals surface area contributed by atoms with Crippen LogP contribution in [-0.2, 0) is 4.79 Å². The van der Waals surface area contributed by atoms with E-state index in [-0.39, 0.29) is 22.8 Å². The van der Waals surface area contributed by atoms with Crippen molar-refractivity contribution < 1.29 is 4.79 Å². The van der Waals surface area contributed by atoms with Gasteiger partial charge >= 0.3 is 0 Å². The van der Waals surface area contributed by atoms with Crippen LogP contribution in [0.4, 0.5) is 5.69 Å². The highest BCUT2D eigenvalue weighted by molar-refractivity contribution is 6.21. The molecule has 0 bridgehead atoms. The first-order valence-corrected chi connectivity index (χ1v) is 7.16. The standard InChI is InChI=1S/C15H14ClN3O2/c16-11-7-10(8-11)15(21)17-12-3-1-9(2-4-12)13-5-6-14(20)19-18-13/h1-6,10-11H,7-8H2,(H,17,21)(H,19,20). The zero-order chi connectivity index (χ0) is 14.8. The summed E-state index contributed by atoms with van der Waals surface area (Å²) in [4.78, 5) is 22.9. The average molecular weight is 304 g/mol. The molecule has 5 nitrogen and oxygen atoms in total. The van der Waals surface area contributed by atoms with Crippen LogP contribution in [0.3, 0.4) is 0 Å². The summed E-state index contributed by atoms with van der Waals surface area (Å²) in [7, 11) is 0. The molecule has 0 saturated heterocycles. The van der Waals surface area contributed by atoms with Gasteiger partial charge in [0.15, 0.2) is 0 Å². The van der Waals surface area contributed by atoms with E-state index >= 15 is 0 Å². The Bertz CT molecular complexity index is 685. The SMILES string of the molecule is O=C(Nc1ccc(-c2ccc(=O)[nH]n2)cc1)C1CC(Cl)C1. The number of anilines is 1. The first-order chi connectivity index (χ1) is 10.1. The second-order valence-electron chi connectivity index (χ2n) is 5.14. The van der Waals surface area contributed by atoms with Crippen molar-refractivity contribution in [1.29, 1.82) is 0 Å². The van der Waals surface area contributed by atoms with Gasteiger partial charge in [-0.3, -0.25) is 9.59 Å². The number of nitrogens with zero attached hydrogens (tertiary/aromatic N) is 1. The van der Waals surface area contributed by atoms with Gasteiger partial charge in [-0.2, -0.15) is 5.10 Å². The lowest BCUT2D eigenvalue weighted by Crippen LogP contribution is -2.34. The van der Waals surface area contributed by atoms with Crippen molar-refractivity contribution in [2.24, 2.45) is 5.92 Å². The van der Waals surface area contributed by atoms with E-state index in [1.807, 2.05) is 24.3 Å². The monoisotopic (exact) mass is 303 g/mol. The fourth-order valence-electron chi connectivity index (χ4n) is 2.24. The van der Waals surface area contributed by atoms with Gasteiger partial charge in [-0.25, -0.2) is 5.10 Å². The van der Waals surface area contributed by atoms with Gasteiger partial charge in [0.05, 0.1) is 5.69 Å². The molecule has 0 unspecified atom stereocenters. The number of hydrogen-bond donors (Lipinski definition) is 2. The summed E-state index contributed by atoms with van der Waals surface area (Å²) in [5, 5.41) is 9.36. The lowest BCUT2D eigenvalue weighted by atomic mass is 9.84. The number of halogens is 1. The molecule has 21 heavy (non-hydrogen) atoms. The van der Waals surface area contributed by atoms with Gasteiger partial charge in [-0.15, -0.1) is 11.6 Å². The van der Waals surface area contributed by atoms with E-state index in [2.05, 4.69) is 15.5 Å². The van der Waals surface area contributed by atoms with E-state index in [9.17, 15) is 9.59 Å². The second-order valence-corrected chi connectivity index (χ2v) is 5.76. The first kappa shape index (κ1) is 13.8. The third kappa shape index (κ3) is 3.13. The van der Waals surface area contributed by atoms with Crippen molar-refractivity contribution >= 4 is 23.2 Å². The van der Waals surface area contributed by atoms with Gasteiger partial charge in [-0.05, 0) is 31.0 Å². The zero-order valence-corrected chi connectivity index (χ0v) is 11.9. The van der Waals surface area contributed by atoms with Crippen LogP contribution in [0.1, 0.15) is 12.8 Å². The molecule has 0 aliphatic heterocycles. The predicted molar refractivity (Wildman–Crippen MR) is 81.3 cm³/mol. The molecular weight excluding hydrogens is 290 g/mol. The van der Waals surface area contributed by atoms with Crippen LogP contribution in [0.15, 0.2) is 41.2 Å². The Morgan fingerprint density at radius 2 is 1.90 bits per heavy atom. The quantitative estimate of drug-likeness (QED) is 0.855. The lowest BCUT2D eigenvalue weighted by Gasteiger charge is -2.29. The number of aromatic nitrogens is 2. The van der Waals surface area contributed by atoms with Crippen LogP contribution < -0.4 is 10.9 Å². The van der Waals surface area contributed by atoms with Crippen molar-refractivity contribution in [3.05, 3.63) is 46.8 Å². The molecule has 1 aromatic heterocycles. The Labute approximate surface area is 126 Å². The Kier molecular flexibility index (Phi) is 3.75. The second kappa shape index (κ2) is 5.69. The summed E-state index contributed by atoms with van der Waals surface area (Å²) < 4.78 is 0. The van der Waals surface area contributed by atoms with Crippen LogP contribution in [0.5, 0.6) is 0 Å². The van der Waals surface area contributed by atoms with E-state index in [1.54, 1.807) is 6.07 Å². The molecule has 2 N–H and O–H groups in total. The molecular formula is C15H14ClN3O2. The van der Waals surface area contributed by atoms with Gasteiger partial charge in [-0.1, -0.05) is 12.1 Å². The van der Waals surface area contributed by atoms with Crippen LogP contribution in [0.25, 0.3) is 11.3 Å². The fraction of sp³-hybridized carbons (Fsp3) is 0.267. The fourth-order valence-corrected chi connectivity index (χ4v) is 2.67. The van der Waals surface area contributed by atoms with Crippen molar-refractivity contribution in [2.75, 3.05) is 5.32 Å². The number of benzene rings is 1. The maximum Gasteiger partial charge on any atom is 0.264 e. The topological polar surface area (TPSA) is 74.8 Å². The molecule has 1 amide bonds. The molecule has 0 spiro atoms. The van der Waals surface area contributed by atoms with Crippen molar-refractivity contribution in [2.45, 2.75) is 18.2 Å². The smallest absolute Gasteiger partial charge is 0.264 e. The van der Waals surface area contributed by atoms with Crippen molar-refractivity contribution in [3.8, 4) is 11.3 Å².